The summed E-state index contributed by atoms with van der Waals surface area (Å²) in [6, 6.07) is 3.63. The van der Waals surface area contributed by atoms with Gasteiger partial charge >= 0.3 is 0 Å². The van der Waals surface area contributed by atoms with Crippen molar-refractivity contribution in [3.05, 3.63) is 41.7 Å². The van der Waals surface area contributed by atoms with Crippen molar-refractivity contribution in [1.82, 2.24) is 10.2 Å². The molecule has 0 bridgehead atoms. The second kappa shape index (κ2) is 5.39. The van der Waals surface area contributed by atoms with Crippen molar-refractivity contribution in [1.29, 1.82) is 0 Å². The zero-order valence-corrected chi connectivity index (χ0v) is 9.32. The minimum absolute atomic E-state index is 0.186. The van der Waals surface area contributed by atoms with Crippen LogP contribution in [0.1, 0.15) is 5.69 Å². The van der Waals surface area contributed by atoms with Crippen molar-refractivity contribution >= 4 is 6.47 Å². The Balaban J connectivity index is 2.24. The first-order valence-corrected chi connectivity index (χ1v) is 5.25. The number of aromatic nitrogens is 2. The largest absolute Gasteiger partial charge is 0.467 e. The summed E-state index contributed by atoms with van der Waals surface area (Å²) in [4.78, 5) is 10.0. The number of aromatic amines is 1. The van der Waals surface area contributed by atoms with Crippen LogP contribution in [-0.2, 0) is 16.0 Å². The summed E-state index contributed by atoms with van der Waals surface area (Å²) in [7, 11) is 0. The number of hydrogen-bond acceptors (Lipinski definition) is 3. The number of nitrogens with one attached hydrogen (secondary N) is 1. The molecule has 2 aromatic rings. The molecule has 0 fully saturated rings. The maximum atomic E-state index is 13.1. The van der Waals surface area contributed by atoms with Crippen LogP contribution in [0.4, 0.5) is 8.78 Å². The molecule has 0 atom stereocenters. The molecule has 6 heteroatoms. The third kappa shape index (κ3) is 2.53. The number of carbonyl (C=O) groups is 1. The van der Waals surface area contributed by atoms with Crippen LogP contribution in [0, 0.1) is 11.6 Å². The Kier molecular flexibility index (Phi) is 3.66. The molecule has 0 saturated carbocycles. The molecule has 0 unspecified atom stereocenters. The topological polar surface area (TPSA) is 55.0 Å². The lowest BCUT2D eigenvalue weighted by molar-refractivity contribution is -0.128. The zero-order valence-electron chi connectivity index (χ0n) is 9.32. The number of halogens is 2. The van der Waals surface area contributed by atoms with Gasteiger partial charge in [-0.15, -0.1) is 0 Å². The van der Waals surface area contributed by atoms with Gasteiger partial charge in [0, 0.05) is 18.2 Å². The van der Waals surface area contributed by atoms with Crippen LogP contribution >= 0.6 is 0 Å². The summed E-state index contributed by atoms with van der Waals surface area (Å²) in [5, 5.41) is 6.63. The molecular weight excluding hydrogens is 242 g/mol. The SMILES string of the molecule is O=COCCc1n[nH]cc1-c1ccc(F)c(F)c1. The Hall–Kier alpha value is -2.24. The number of carbonyl (C=O) groups excluding carboxylic acids is 1. The number of hydrogen-bond donors (Lipinski definition) is 1. The third-order valence-electron chi connectivity index (χ3n) is 2.47. The van der Waals surface area contributed by atoms with E-state index in [0.29, 0.717) is 29.7 Å². The molecule has 0 spiro atoms. The predicted octanol–water partition coefficient (Wildman–Crippen LogP) is 2.07. The van der Waals surface area contributed by atoms with Gasteiger partial charge in [-0.05, 0) is 17.7 Å². The molecule has 4 nitrogen and oxygen atoms in total. The second-order valence-corrected chi connectivity index (χ2v) is 3.59. The van der Waals surface area contributed by atoms with E-state index in [1.807, 2.05) is 0 Å². The molecule has 0 aliphatic carbocycles. The lowest BCUT2D eigenvalue weighted by Gasteiger charge is -2.03. The van der Waals surface area contributed by atoms with Gasteiger partial charge in [0.2, 0.25) is 0 Å². The summed E-state index contributed by atoms with van der Waals surface area (Å²) >= 11 is 0. The fourth-order valence-electron chi connectivity index (χ4n) is 1.63. The average molecular weight is 252 g/mol. The maximum Gasteiger partial charge on any atom is 0.293 e. The molecule has 1 aromatic carbocycles. The number of benzene rings is 1. The van der Waals surface area contributed by atoms with Gasteiger partial charge in [0.25, 0.3) is 6.47 Å². The molecule has 0 aliphatic rings. The van der Waals surface area contributed by atoms with E-state index in [-0.39, 0.29) is 6.61 Å². The minimum Gasteiger partial charge on any atom is -0.467 e. The summed E-state index contributed by atoms with van der Waals surface area (Å²) in [5.41, 5.74) is 1.80. The number of ether oxygens (including phenoxy) is 1. The van der Waals surface area contributed by atoms with Gasteiger partial charge in [-0.25, -0.2) is 8.78 Å². The summed E-state index contributed by atoms with van der Waals surface area (Å²) in [6.07, 6.45) is 1.99. The highest BCUT2D eigenvalue weighted by Crippen LogP contribution is 2.24. The number of nitrogens with zero attached hydrogens (tertiary/aromatic N) is 1. The van der Waals surface area contributed by atoms with Crippen LogP contribution in [-0.4, -0.2) is 23.3 Å². The Labute approximate surface area is 102 Å². The highest BCUT2D eigenvalue weighted by atomic mass is 19.2. The van der Waals surface area contributed by atoms with Crippen molar-refractivity contribution in [3.63, 3.8) is 0 Å². The van der Waals surface area contributed by atoms with Gasteiger partial charge in [0.1, 0.15) is 0 Å². The first kappa shape index (κ1) is 12.2. The Morgan fingerprint density at radius 2 is 2.17 bits per heavy atom. The quantitative estimate of drug-likeness (QED) is 0.654. The molecule has 1 N–H and O–H groups in total. The highest BCUT2D eigenvalue weighted by molar-refractivity contribution is 5.65. The van der Waals surface area contributed by atoms with Crippen LogP contribution in [0.3, 0.4) is 0 Å². The molecule has 0 saturated heterocycles. The van der Waals surface area contributed by atoms with Crippen LogP contribution in [0.5, 0.6) is 0 Å². The first-order valence-electron chi connectivity index (χ1n) is 5.25. The molecule has 0 radical (unpaired) electrons. The first-order chi connectivity index (χ1) is 8.72. The predicted molar refractivity (Wildman–Crippen MR) is 59.7 cm³/mol. The van der Waals surface area contributed by atoms with Crippen LogP contribution in [0.15, 0.2) is 24.4 Å². The van der Waals surface area contributed by atoms with Crippen molar-refractivity contribution in [3.8, 4) is 11.1 Å². The summed E-state index contributed by atoms with van der Waals surface area (Å²) < 4.78 is 30.5. The highest BCUT2D eigenvalue weighted by Gasteiger charge is 2.10. The van der Waals surface area contributed by atoms with Crippen LogP contribution < -0.4 is 0 Å². The van der Waals surface area contributed by atoms with Gasteiger partial charge in [0.05, 0.1) is 12.3 Å². The summed E-state index contributed by atoms with van der Waals surface area (Å²) in [5.74, 6) is -1.81. The molecule has 94 valence electrons. The molecule has 18 heavy (non-hydrogen) atoms. The Morgan fingerprint density at radius 1 is 1.33 bits per heavy atom. The van der Waals surface area contributed by atoms with E-state index in [1.54, 1.807) is 6.20 Å². The van der Waals surface area contributed by atoms with Gasteiger partial charge < -0.3 is 4.74 Å². The number of rotatable bonds is 5. The van der Waals surface area contributed by atoms with Crippen molar-refractivity contribution in [2.75, 3.05) is 6.61 Å². The summed E-state index contributed by atoms with van der Waals surface area (Å²) in [6.45, 7) is 0.537. The number of H-pyrrole nitrogens is 1. The van der Waals surface area contributed by atoms with Crippen LogP contribution in [0.25, 0.3) is 11.1 Å². The molecule has 1 heterocycles. The van der Waals surface area contributed by atoms with Gasteiger partial charge in [-0.3, -0.25) is 9.89 Å². The lowest BCUT2D eigenvalue weighted by atomic mass is 10.1. The standard InChI is InChI=1S/C12H10F2N2O2/c13-10-2-1-8(5-11(10)14)9-6-15-16-12(9)3-4-18-7-17/h1-2,5-7H,3-4H2,(H,15,16). The van der Waals surface area contributed by atoms with E-state index in [0.717, 1.165) is 12.1 Å². The van der Waals surface area contributed by atoms with E-state index >= 15 is 0 Å². The fourth-order valence-corrected chi connectivity index (χ4v) is 1.63. The van der Waals surface area contributed by atoms with E-state index in [9.17, 15) is 13.6 Å². The van der Waals surface area contributed by atoms with E-state index < -0.39 is 11.6 Å². The monoisotopic (exact) mass is 252 g/mol. The van der Waals surface area contributed by atoms with Gasteiger partial charge in [-0.1, -0.05) is 6.07 Å². The third-order valence-corrected chi connectivity index (χ3v) is 2.47. The average Bonchev–Trinajstić information content (AvgIpc) is 2.81. The Bertz CT molecular complexity index is 555. The normalized spacial score (nSPS) is 10.3. The Morgan fingerprint density at radius 3 is 2.89 bits per heavy atom. The zero-order chi connectivity index (χ0) is 13.0. The second-order valence-electron chi connectivity index (χ2n) is 3.59. The van der Waals surface area contributed by atoms with Crippen molar-refractivity contribution in [2.24, 2.45) is 0 Å². The molecule has 1 aromatic heterocycles. The van der Waals surface area contributed by atoms with Crippen molar-refractivity contribution < 1.29 is 18.3 Å². The van der Waals surface area contributed by atoms with Gasteiger partial charge in [0.15, 0.2) is 11.6 Å². The van der Waals surface area contributed by atoms with Crippen molar-refractivity contribution in [2.45, 2.75) is 6.42 Å². The van der Waals surface area contributed by atoms with Gasteiger partial charge in [-0.2, -0.15) is 5.10 Å². The molecular formula is C12H10F2N2O2. The van der Waals surface area contributed by atoms with E-state index in [4.69, 9.17) is 0 Å². The minimum atomic E-state index is -0.913. The maximum absolute atomic E-state index is 13.1. The van der Waals surface area contributed by atoms with E-state index in [1.165, 1.54) is 6.07 Å². The smallest absolute Gasteiger partial charge is 0.293 e. The molecule has 0 amide bonds. The van der Waals surface area contributed by atoms with E-state index in [2.05, 4.69) is 14.9 Å². The fraction of sp³-hybridized carbons (Fsp3) is 0.167. The molecule has 0 aliphatic heterocycles. The lowest BCUT2D eigenvalue weighted by Crippen LogP contribution is -1.98. The molecule has 2 rings (SSSR count). The van der Waals surface area contributed by atoms with Crippen LogP contribution in [0.2, 0.25) is 0 Å².